The summed E-state index contributed by atoms with van der Waals surface area (Å²) in [6.45, 7) is 6.54. The van der Waals surface area contributed by atoms with Gasteiger partial charge in [-0.1, -0.05) is 85.5 Å². The first kappa shape index (κ1) is 34.2. The minimum absolute atomic E-state index is 0.00179. The zero-order valence-electron chi connectivity index (χ0n) is 28.1. The molecule has 49 heavy (non-hydrogen) atoms. The molecule has 1 amide bonds. The standard InChI is InChI=1S/C40H44N2O7/c1-4-19-47-40(44)41-23-32-7-5-6-8-35(32)28-13-15-30(16-14-28)39-48-34(22-36(49-39)29-11-9-27(26-43)10-12-29)25-42-18-17-31-20-37(45-2)38(46-3)21-33(31)24-42/h4-16,20-21,34,36,39,43H,1,17-19,22-26H2,2-3H3,(H,41,44)/t34-,36+,39+/m0/s1. The molecule has 0 spiro atoms. The van der Waals surface area contributed by atoms with Crippen molar-refractivity contribution < 1.29 is 33.6 Å². The summed E-state index contributed by atoms with van der Waals surface area (Å²) < 4.78 is 29.5. The number of rotatable bonds is 12. The Bertz CT molecular complexity index is 1720. The predicted molar refractivity (Wildman–Crippen MR) is 187 cm³/mol. The Labute approximate surface area is 288 Å². The number of hydrogen-bond acceptors (Lipinski definition) is 8. The van der Waals surface area contributed by atoms with E-state index in [0.717, 1.165) is 70.9 Å². The lowest BCUT2D eigenvalue weighted by Crippen LogP contribution is -2.41. The van der Waals surface area contributed by atoms with E-state index in [4.69, 9.17) is 23.7 Å². The number of ether oxygens (including phenoxy) is 5. The number of carbonyl (C=O) groups excluding carboxylic acids is 1. The van der Waals surface area contributed by atoms with Crippen molar-refractivity contribution in [3.8, 4) is 22.6 Å². The Morgan fingerprint density at radius 3 is 2.39 bits per heavy atom. The first-order valence-corrected chi connectivity index (χ1v) is 16.6. The van der Waals surface area contributed by atoms with E-state index in [0.29, 0.717) is 13.0 Å². The number of aliphatic hydroxyl groups excluding tert-OH is 1. The van der Waals surface area contributed by atoms with E-state index in [1.807, 2.05) is 60.7 Å². The van der Waals surface area contributed by atoms with Gasteiger partial charge in [-0.2, -0.15) is 0 Å². The van der Waals surface area contributed by atoms with Gasteiger partial charge in [-0.25, -0.2) is 4.79 Å². The van der Waals surface area contributed by atoms with Gasteiger partial charge in [0.1, 0.15) is 6.61 Å². The number of nitrogens with zero attached hydrogens (tertiary/aromatic N) is 1. The third-order valence-electron chi connectivity index (χ3n) is 9.14. The molecule has 4 aromatic carbocycles. The number of hydrogen-bond donors (Lipinski definition) is 2. The molecule has 2 heterocycles. The number of methoxy groups -OCH3 is 2. The second kappa shape index (κ2) is 16.2. The van der Waals surface area contributed by atoms with E-state index in [2.05, 4.69) is 41.1 Å². The van der Waals surface area contributed by atoms with Crippen LogP contribution < -0.4 is 14.8 Å². The first-order chi connectivity index (χ1) is 24.0. The average molecular weight is 665 g/mol. The summed E-state index contributed by atoms with van der Waals surface area (Å²) in [7, 11) is 3.34. The minimum atomic E-state index is -0.562. The van der Waals surface area contributed by atoms with Crippen LogP contribution in [0, 0.1) is 0 Å². The van der Waals surface area contributed by atoms with Gasteiger partial charge in [0.25, 0.3) is 0 Å². The Balaban J connectivity index is 1.20. The lowest BCUT2D eigenvalue weighted by molar-refractivity contribution is -0.253. The topological polar surface area (TPSA) is 98.7 Å². The molecule has 9 heteroatoms. The molecule has 0 saturated carbocycles. The van der Waals surface area contributed by atoms with Gasteiger partial charge in [-0.15, -0.1) is 0 Å². The molecule has 1 fully saturated rings. The Morgan fingerprint density at radius 1 is 0.959 bits per heavy atom. The minimum Gasteiger partial charge on any atom is -0.493 e. The SMILES string of the molecule is C=CCOC(=O)NCc1ccccc1-c1ccc([C@@H]2O[C@H](CN3CCc4cc(OC)c(OC)cc4C3)C[C@H](c3ccc(CO)cc3)O2)cc1. The molecule has 2 aliphatic heterocycles. The number of alkyl carbamates (subject to hydrolysis) is 1. The summed E-state index contributed by atoms with van der Waals surface area (Å²) in [4.78, 5) is 14.5. The van der Waals surface area contributed by atoms with Crippen molar-refractivity contribution in [2.45, 2.75) is 51.0 Å². The second-order valence-electron chi connectivity index (χ2n) is 12.3. The fraction of sp³-hybridized carbons (Fsp3) is 0.325. The van der Waals surface area contributed by atoms with E-state index < -0.39 is 12.4 Å². The molecule has 0 aliphatic carbocycles. The Kier molecular flexibility index (Phi) is 11.3. The first-order valence-electron chi connectivity index (χ1n) is 16.6. The number of nitrogens with one attached hydrogen (secondary N) is 1. The van der Waals surface area contributed by atoms with Crippen molar-refractivity contribution >= 4 is 6.09 Å². The highest BCUT2D eigenvalue weighted by Gasteiger charge is 2.34. The van der Waals surface area contributed by atoms with Crippen LogP contribution in [0.4, 0.5) is 4.79 Å². The van der Waals surface area contributed by atoms with Gasteiger partial charge in [0.05, 0.1) is 33.0 Å². The molecule has 3 atom stereocenters. The van der Waals surface area contributed by atoms with Crippen molar-refractivity contribution in [3.05, 3.63) is 131 Å². The fourth-order valence-electron chi connectivity index (χ4n) is 6.55. The van der Waals surface area contributed by atoms with Crippen LogP contribution in [0.15, 0.2) is 97.6 Å². The smallest absolute Gasteiger partial charge is 0.407 e. The highest BCUT2D eigenvalue weighted by molar-refractivity contribution is 5.70. The number of carbonyl (C=O) groups is 1. The van der Waals surface area contributed by atoms with E-state index >= 15 is 0 Å². The van der Waals surface area contributed by atoms with Gasteiger partial charge in [-0.05, 0) is 57.5 Å². The number of fused-ring (bicyclic) bond motifs is 1. The predicted octanol–water partition coefficient (Wildman–Crippen LogP) is 6.88. The molecule has 4 aromatic rings. The van der Waals surface area contributed by atoms with E-state index in [-0.39, 0.29) is 25.4 Å². The molecule has 0 unspecified atom stereocenters. The molecular formula is C40H44N2O7. The molecule has 0 radical (unpaired) electrons. The Morgan fingerprint density at radius 2 is 1.67 bits per heavy atom. The van der Waals surface area contributed by atoms with Crippen LogP contribution in [0.25, 0.3) is 11.1 Å². The van der Waals surface area contributed by atoms with Gasteiger partial charge < -0.3 is 34.1 Å². The molecule has 0 aromatic heterocycles. The molecule has 1 saturated heterocycles. The average Bonchev–Trinajstić information content (AvgIpc) is 3.15. The summed E-state index contributed by atoms with van der Waals surface area (Å²) in [6.07, 6.45) is 1.86. The quantitative estimate of drug-likeness (QED) is 0.158. The third-order valence-corrected chi connectivity index (χ3v) is 9.14. The van der Waals surface area contributed by atoms with Gasteiger partial charge >= 0.3 is 6.09 Å². The van der Waals surface area contributed by atoms with Crippen molar-refractivity contribution in [1.82, 2.24) is 10.2 Å². The van der Waals surface area contributed by atoms with Crippen LogP contribution in [-0.4, -0.2) is 56.1 Å². The molecule has 2 aliphatic rings. The maximum atomic E-state index is 12.0. The summed E-state index contributed by atoms with van der Waals surface area (Å²) in [5, 5.41) is 12.4. The number of aliphatic hydroxyl groups is 1. The zero-order chi connectivity index (χ0) is 34.2. The van der Waals surface area contributed by atoms with Gasteiger partial charge in [0, 0.05) is 38.2 Å². The summed E-state index contributed by atoms with van der Waals surface area (Å²) >= 11 is 0. The van der Waals surface area contributed by atoms with E-state index in [1.165, 1.54) is 17.2 Å². The van der Waals surface area contributed by atoms with Gasteiger partial charge in [-0.3, -0.25) is 4.90 Å². The molecule has 2 N–H and O–H groups in total. The van der Waals surface area contributed by atoms with Crippen molar-refractivity contribution in [2.24, 2.45) is 0 Å². The molecule has 256 valence electrons. The second-order valence-corrected chi connectivity index (χ2v) is 12.3. The van der Waals surface area contributed by atoms with E-state index in [1.54, 1.807) is 14.2 Å². The zero-order valence-corrected chi connectivity index (χ0v) is 28.1. The van der Waals surface area contributed by atoms with Gasteiger partial charge in [0.2, 0.25) is 0 Å². The molecule has 6 rings (SSSR count). The van der Waals surface area contributed by atoms with Crippen LogP contribution in [0.2, 0.25) is 0 Å². The maximum absolute atomic E-state index is 12.0. The van der Waals surface area contributed by atoms with Crippen LogP contribution in [0.3, 0.4) is 0 Å². The van der Waals surface area contributed by atoms with E-state index in [9.17, 15) is 9.90 Å². The van der Waals surface area contributed by atoms with Gasteiger partial charge in [0.15, 0.2) is 17.8 Å². The summed E-state index contributed by atoms with van der Waals surface area (Å²) in [5.74, 6) is 1.50. The lowest BCUT2D eigenvalue weighted by Gasteiger charge is -2.39. The number of benzene rings is 4. The number of amides is 1. The largest absolute Gasteiger partial charge is 0.493 e. The molecule has 0 bridgehead atoms. The fourth-order valence-corrected chi connectivity index (χ4v) is 6.55. The van der Waals surface area contributed by atoms with Crippen molar-refractivity contribution in [3.63, 3.8) is 0 Å². The monoisotopic (exact) mass is 664 g/mol. The maximum Gasteiger partial charge on any atom is 0.407 e. The van der Waals surface area contributed by atoms with Crippen LogP contribution in [-0.2, 0) is 40.3 Å². The van der Waals surface area contributed by atoms with Crippen LogP contribution >= 0.6 is 0 Å². The third kappa shape index (κ3) is 8.32. The lowest BCUT2D eigenvalue weighted by atomic mass is 9.96. The van der Waals surface area contributed by atoms with Crippen molar-refractivity contribution in [1.29, 1.82) is 0 Å². The summed E-state index contributed by atoms with van der Waals surface area (Å²) in [5.41, 5.74) is 8.38. The molecule has 9 nitrogen and oxygen atoms in total. The molecular weight excluding hydrogens is 620 g/mol. The van der Waals surface area contributed by atoms with Crippen molar-refractivity contribution in [2.75, 3.05) is 33.9 Å². The van der Waals surface area contributed by atoms with Crippen LogP contribution in [0.1, 0.15) is 52.2 Å². The highest BCUT2D eigenvalue weighted by Crippen LogP contribution is 2.40. The normalized spacial score (nSPS) is 19.0. The van der Waals surface area contributed by atoms with Crippen LogP contribution in [0.5, 0.6) is 11.5 Å². The highest BCUT2D eigenvalue weighted by atomic mass is 16.7. The summed E-state index contributed by atoms with van der Waals surface area (Å²) in [6, 6.07) is 28.3. The Hall–Kier alpha value is -4.67.